The van der Waals surface area contributed by atoms with Crippen molar-refractivity contribution < 1.29 is 4.39 Å². The number of hydrogen-bond acceptors (Lipinski definition) is 2. The van der Waals surface area contributed by atoms with Gasteiger partial charge in [0.2, 0.25) is 0 Å². The minimum atomic E-state index is -0.233. The second-order valence-electron chi connectivity index (χ2n) is 6.02. The number of rotatable bonds is 7. The van der Waals surface area contributed by atoms with Crippen LogP contribution >= 0.6 is 0 Å². The molecule has 1 aliphatic carbocycles. The lowest BCUT2D eigenvalue weighted by molar-refractivity contribution is 0.314. The molecule has 20 heavy (non-hydrogen) atoms. The zero-order valence-electron chi connectivity index (χ0n) is 12.6. The molecule has 1 aromatic rings. The fourth-order valence-electron chi connectivity index (χ4n) is 3.20. The number of halogens is 1. The summed E-state index contributed by atoms with van der Waals surface area (Å²) in [5.41, 5.74) is 0.995. The Morgan fingerprint density at radius 3 is 2.80 bits per heavy atom. The van der Waals surface area contributed by atoms with Crippen LogP contribution in [0.25, 0.3) is 0 Å². The molecular weight excluding hydrogens is 251 g/mol. The van der Waals surface area contributed by atoms with E-state index in [1.807, 2.05) is 0 Å². The van der Waals surface area contributed by atoms with E-state index >= 15 is 0 Å². The van der Waals surface area contributed by atoms with Gasteiger partial charge in [-0.15, -0.1) is 0 Å². The Morgan fingerprint density at radius 2 is 2.10 bits per heavy atom. The summed E-state index contributed by atoms with van der Waals surface area (Å²) < 4.78 is 13.4. The molecule has 1 heterocycles. The Morgan fingerprint density at radius 1 is 1.30 bits per heavy atom. The molecule has 0 spiro atoms. The van der Waals surface area contributed by atoms with Crippen molar-refractivity contribution in [3.8, 4) is 0 Å². The lowest BCUT2D eigenvalue weighted by Gasteiger charge is -2.25. The van der Waals surface area contributed by atoms with Crippen LogP contribution in [0.3, 0.4) is 0 Å². The average Bonchev–Trinajstić information content (AvgIpc) is 2.48. The zero-order valence-corrected chi connectivity index (χ0v) is 12.6. The van der Waals surface area contributed by atoms with Crippen LogP contribution in [0.15, 0.2) is 18.5 Å². The third-order valence-electron chi connectivity index (χ3n) is 4.36. The van der Waals surface area contributed by atoms with Gasteiger partial charge in [0.1, 0.15) is 5.82 Å². The van der Waals surface area contributed by atoms with E-state index in [0.29, 0.717) is 0 Å². The molecule has 1 aromatic heterocycles. The summed E-state index contributed by atoms with van der Waals surface area (Å²) in [7, 11) is 0. The van der Waals surface area contributed by atoms with Crippen LogP contribution in [-0.4, -0.2) is 11.5 Å². The van der Waals surface area contributed by atoms with Gasteiger partial charge in [-0.2, -0.15) is 0 Å². The Kier molecular flexibility index (Phi) is 6.44. The van der Waals surface area contributed by atoms with Gasteiger partial charge < -0.3 is 5.32 Å². The largest absolute Gasteiger partial charge is 0.310 e. The first-order valence-electron chi connectivity index (χ1n) is 8.13. The Balaban J connectivity index is 1.92. The molecular formula is C17H27FN2. The Labute approximate surface area is 122 Å². The standard InChI is InChI=1S/C17H27FN2/c1-2-10-20-17(15-11-16(18)13-19-12-15)9-8-14-6-4-3-5-7-14/h11-14,17,20H,2-10H2,1H3. The second-order valence-corrected chi connectivity index (χ2v) is 6.02. The van der Waals surface area contributed by atoms with Crippen molar-refractivity contribution in [2.45, 2.75) is 64.3 Å². The van der Waals surface area contributed by atoms with Gasteiger partial charge in [-0.25, -0.2) is 4.39 Å². The first kappa shape index (κ1) is 15.4. The fraction of sp³-hybridized carbons (Fsp3) is 0.706. The minimum absolute atomic E-state index is 0.233. The van der Waals surface area contributed by atoms with E-state index in [9.17, 15) is 4.39 Å². The fourth-order valence-corrected chi connectivity index (χ4v) is 3.20. The summed E-state index contributed by atoms with van der Waals surface area (Å²) in [6.45, 7) is 3.14. The summed E-state index contributed by atoms with van der Waals surface area (Å²) in [6, 6.07) is 1.88. The number of nitrogens with zero attached hydrogens (tertiary/aromatic N) is 1. The van der Waals surface area contributed by atoms with Gasteiger partial charge in [0.05, 0.1) is 6.20 Å². The van der Waals surface area contributed by atoms with Crippen LogP contribution in [0.1, 0.15) is 69.9 Å². The van der Waals surface area contributed by atoms with Crippen LogP contribution in [0.2, 0.25) is 0 Å². The molecule has 0 bridgehead atoms. The molecule has 1 saturated carbocycles. The highest BCUT2D eigenvalue weighted by Crippen LogP contribution is 2.30. The molecule has 0 aliphatic heterocycles. The molecule has 2 rings (SSSR count). The number of nitrogens with one attached hydrogen (secondary N) is 1. The van der Waals surface area contributed by atoms with Gasteiger partial charge in [-0.1, -0.05) is 39.0 Å². The zero-order chi connectivity index (χ0) is 14.2. The molecule has 0 amide bonds. The lowest BCUT2D eigenvalue weighted by atomic mass is 9.84. The predicted molar refractivity (Wildman–Crippen MR) is 81.0 cm³/mol. The Hall–Kier alpha value is -0.960. The highest BCUT2D eigenvalue weighted by atomic mass is 19.1. The molecule has 1 atom stereocenters. The molecule has 1 N–H and O–H groups in total. The molecule has 3 heteroatoms. The van der Waals surface area contributed by atoms with E-state index in [1.165, 1.54) is 44.7 Å². The molecule has 1 aliphatic rings. The van der Waals surface area contributed by atoms with Crippen molar-refractivity contribution in [2.75, 3.05) is 6.54 Å². The quantitative estimate of drug-likeness (QED) is 0.787. The highest BCUT2D eigenvalue weighted by molar-refractivity contribution is 5.15. The molecule has 0 saturated heterocycles. The average molecular weight is 278 g/mol. The third-order valence-corrected chi connectivity index (χ3v) is 4.36. The van der Waals surface area contributed by atoms with Crippen LogP contribution < -0.4 is 5.32 Å². The van der Waals surface area contributed by atoms with Gasteiger partial charge in [0.15, 0.2) is 0 Å². The summed E-state index contributed by atoms with van der Waals surface area (Å²) >= 11 is 0. The normalized spacial score (nSPS) is 18.1. The van der Waals surface area contributed by atoms with Crippen molar-refractivity contribution in [1.29, 1.82) is 0 Å². The molecule has 2 nitrogen and oxygen atoms in total. The van der Waals surface area contributed by atoms with E-state index < -0.39 is 0 Å². The van der Waals surface area contributed by atoms with Crippen molar-refractivity contribution in [2.24, 2.45) is 5.92 Å². The Bertz CT molecular complexity index is 388. The van der Waals surface area contributed by atoms with E-state index in [1.54, 1.807) is 12.3 Å². The maximum absolute atomic E-state index is 13.4. The summed E-state index contributed by atoms with van der Waals surface area (Å²) in [5.74, 6) is 0.639. The van der Waals surface area contributed by atoms with Crippen molar-refractivity contribution in [3.63, 3.8) is 0 Å². The number of pyridine rings is 1. The second kappa shape index (κ2) is 8.35. The first-order valence-corrected chi connectivity index (χ1v) is 8.13. The van der Waals surface area contributed by atoms with Crippen LogP contribution in [0.4, 0.5) is 4.39 Å². The van der Waals surface area contributed by atoms with E-state index in [0.717, 1.165) is 30.9 Å². The van der Waals surface area contributed by atoms with Gasteiger partial charge >= 0.3 is 0 Å². The minimum Gasteiger partial charge on any atom is -0.310 e. The van der Waals surface area contributed by atoms with Crippen LogP contribution in [0.5, 0.6) is 0 Å². The summed E-state index contributed by atoms with van der Waals surface area (Å²) in [6.07, 6.45) is 13.5. The van der Waals surface area contributed by atoms with E-state index in [-0.39, 0.29) is 11.9 Å². The molecule has 1 fully saturated rings. The van der Waals surface area contributed by atoms with E-state index in [2.05, 4.69) is 17.2 Å². The van der Waals surface area contributed by atoms with Crippen molar-refractivity contribution in [1.82, 2.24) is 10.3 Å². The number of hydrogen-bond donors (Lipinski definition) is 1. The summed E-state index contributed by atoms with van der Waals surface area (Å²) in [5, 5.41) is 3.55. The topological polar surface area (TPSA) is 24.9 Å². The number of aromatic nitrogens is 1. The maximum Gasteiger partial charge on any atom is 0.141 e. The van der Waals surface area contributed by atoms with Gasteiger partial charge in [0, 0.05) is 12.2 Å². The van der Waals surface area contributed by atoms with Crippen molar-refractivity contribution in [3.05, 3.63) is 29.8 Å². The smallest absolute Gasteiger partial charge is 0.141 e. The first-order chi connectivity index (χ1) is 9.79. The lowest BCUT2D eigenvalue weighted by Crippen LogP contribution is -2.23. The monoisotopic (exact) mass is 278 g/mol. The van der Waals surface area contributed by atoms with E-state index in [4.69, 9.17) is 0 Å². The third kappa shape index (κ3) is 4.86. The van der Waals surface area contributed by atoms with Crippen LogP contribution in [0, 0.1) is 11.7 Å². The molecule has 112 valence electrons. The SMILES string of the molecule is CCCNC(CCC1CCCCC1)c1cncc(F)c1. The van der Waals surface area contributed by atoms with Gasteiger partial charge in [0.25, 0.3) is 0 Å². The molecule has 1 unspecified atom stereocenters. The van der Waals surface area contributed by atoms with Gasteiger partial charge in [-0.3, -0.25) is 4.98 Å². The van der Waals surface area contributed by atoms with Crippen LogP contribution in [-0.2, 0) is 0 Å². The maximum atomic E-state index is 13.4. The molecule has 0 aromatic carbocycles. The van der Waals surface area contributed by atoms with Crippen molar-refractivity contribution >= 4 is 0 Å². The predicted octanol–water partition coefficient (Wildman–Crippen LogP) is 4.62. The highest BCUT2D eigenvalue weighted by Gasteiger charge is 2.17. The molecule has 0 radical (unpaired) electrons. The van der Waals surface area contributed by atoms with Gasteiger partial charge in [-0.05, 0) is 43.4 Å². The summed E-state index contributed by atoms with van der Waals surface area (Å²) in [4.78, 5) is 3.99.